The summed E-state index contributed by atoms with van der Waals surface area (Å²) < 4.78 is 2.12. The maximum Gasteiger partial charge on any atom is 0.257 e. The molecule has 0 unspecified atom stereocenters. The van der Waals surface area contributed by atoms with Crippen LogP contribution in [0.3, 0.4) is 0 Å². The number of amides is 1. The quantitative estimate of drug-likeness (QED) is 0.363. The minimum absolute atomic E-state index is 0.248. The molecular weight excluding hydrogens is 466 g/mol. The fourth-order valence-electron chi connectivity index (χ4n) is 2.81. The van der Waals surface area contributed by atoms with E-state index in [4.69, 9.17) is 12.2 Å². The first kappa shape index (κ1) is 19.7. The van der Waals surface area contributed by atoms with Crippen LogP contribution in [-0.2, 0) is 6.42 Å². The fourth-order valence-corrected chi connectivity index (χ4v) is 4.29. The van der Waals surface area contributed by atoms with Crippen molar-refractivity contribution in [1.82, 2.24) is 10.3 Å². The van der Waals surface area contributed by atoms with Gasteiger partial charge < -0.3 is 5.32 Å². The number of carbonyl (C=O) groups excluding carboxylic acids is 1. The monoisotopic (exact) mass is 481 g/mol. The topological polar surface area (TPSA) is 54.0 Å². The second-order valence-electron chi connectivity index (χ2n) is 6.36. The van der Waals surface area contributed by atoms with Crippen molar-refractivity contribution in [1.29, 1.82) is 0 Å². The maximum atomic E-state index is 12.2. The number of carbonyl (C=O) groups is 1. The molecule has 0 bridgehead atoms. The van der Waals surface area contributed by atoms with E-state index in [0.717, 1.165) is 27.1 Å². The molecular formula is C22H16BrN3OS2. The van der Waals surface area contributed by atoms with Crippen molar-refractivity contribution in [3.63, 3.8) is 0 Å². The molecule has 0 aliphatic carbocycles. The minimum atomic E-state index is -0.248. The predicted molar refractivity (Wildman–Crippen MR) is 127 cm³/mol. The highest BCUT2D eigenvalue weighted by Crippen LogP contribution is 2.24. The van der Waals surface area contributed by atoms with Gasteiger partial charge in [-0.05, 0) is 66.3 Å². The van der Waals surface area contributed by atoms with E-state index in [1.807, 2.05) is 54.6 Å². The first-order valence-corrected chi connectivity index (χ1v) is 10.9. The van der Waals surface area contributed by atoms with E-state index in [-0.39, 0.29) is 11.0 Å². The van der Waals surface area contributed by atoms with Gasteiger partial charge in [-0.3, -0.25) is 10.1 Å². The lowest BCUT2D eigenvalue weighted by Crippen LogP contribution is -2.34. The molecule has 1 amide bonds. The normalized spacial score (nSPS) is 10.7. The van der Waals surface area contributed by atoms with E-state index in [1.165, 1.54) is 10.3 Å². The number of nitrogens with zero attached hydrogens (tertiary/aromatic N) is 1. The lowest BCUT2D eigenvalue weighted by molar-refractivity contribution is 0.0977. The van der Waals surface area contributed by atoms with Gasteiger partial charge in [0, 0.05) is 22.1 Å². The van der Waals surface area contributed by atoms with Crippen molar-refractivity contribution in [2.45, 2.75) is 6.42 Å². The van der Waals surface area contributed by atoms with Gasteiger partial charge in [0.2, 0.25) is 0 Å². The van der Waals surface area contributed by atoms with Gasteiger partial charge in [0.15, 0.2) is 5.11 Å². The minimum Gasteiger partial charge on any atom is -0.332 e. The number of halogens is 1. The van der Waals surface area contributed by atoms with E-state index in [1.54, 1.807) is 23.5 Å². The van der Waals surface area contributed by atoms with Gasteiger partial charge in [-0.15, -0.1) is 11.3 Å². The molecule has 1 heterocycles. The molecule has 2 N–H and O–H groups in total. The molecule has 0 saturated carbocycles. The second kappa shape index (κ2) is 8.82. The van der Waals surface area contributed by atoms with Crippen molar-refractivity contribution >= 4 is 66.4 Å². The summed E-state index contributed by atoms with van der Waals surface area (Å²) >= 11 is 10.3. The van der Waals surface area contributed by atoms with Crippen LogP contribution in [0.25, 0.3) is 10.2 Å². The smallest absolute Gasteiger partial charge is 0.257 e. The average Bonchev–Trinajstić information content (AvgIpc) is 3.12. The molecule has 3 aromatic carbocycles. The fraction of sp³-hybridized carbons (Fsp3) is 0.0455. The van der Waals surface area contributed by atoms with E-state index >= 15 is 0 Å². The van der Waals surface area contributed by atoms with Gasteiger partial charge in [-0.25, -0.2) is 4.98 Å². The van der Waals surface area contributed by atoms with Crippen molar-refractivity contribution in [3.05, 3.63) is 93.4 Å². The Labute approximate surface area is 186 Å². The van der Waals surface area contributed by atoms with Crippen LogP contribution < -0.4 is 10.6 Å². The highest BCUT2D eigenvalue weighted by atomic mass is 79.9. The summed E-state index contributed by atoms with van der Waals surface area (Å²) in [5, 5.41) is 7.08. The molecule has 0 aliphatic rings. The molecule has 29 heavy (non-hydrogen) atoms. The van der Waals surface area contributed by atoms with E-state index in [0.29, 0.717) is 5.56 Å². The number of para-hydroxylation sites is 1. The number of hydrogen-bond acceptors (Lipinski definition) is 4. The van der Waals surface area contributed by atoms with Crippen molar-refractivity contribution in [3.8, 4) is 0 Å². The summed E-state index contributed by atoms with van der Waals surface area (Å²) in [6, 6.07) is 23.2. The SMILES string of the molecule is O=C(NC(=S)Nc1ccc(Cc2nc3ccccc3s2)cc1)c1ccc(Br)cc1. The Morgan fingerprint density at radius 1 is 1.00 bits per heavy atom. The summed E-state index contributed by atoms with van der Waals surface area (Å²) in [5.41, 5.74) is 3.57. The summed E-state index contributed by atoms with van der Waals surface area (Å²) in [5.74, 6) is -0.248. The lowest BCUT2D eigenvalue weighted by Gasteiger charge is -2.10. The van der Waals surface area contributed by atoms with E-state index in [2.05, 4.69) is 37.6 Å². The largest absolute Gasteiger partial charge is 0.332 e. The standard InChI is InChI=1S/C22H16BrN3OS2/c23-16-9-7-15(8-10-16)21(27)26-22(28)24-17-11-5-14(6-12-17)13-20-25-18-3-1-2-4-19(18)29-20/h1-12H,13H2,(H2,24,26,27,28). The molecule has 4 aromatic rings. The van der Waals surface area contributed by atoms with E-state index in [9.17, 15) is 4.79 Å². The number of benzene rings is 3. The van der Waals surface area contributed by atoms with Crippen molar-refractivity contribution < 1.29 is 4.79 Å². The third-order valence-corrected chi connectivity index (χ3v) is 6.01. The molecule has 144 valence electrons. The lowest BCUT2D eigenvalue weighted by atomic mass is 10.1. The molecule has 4 rings (SSSR count). The van der Waals surface area contributed by atoms with Gasteiger partial charge in [0.05, 0.1) is 15.2 Å². The number of rotatable bonds is 4. The number of aromatic nitrogens is 1. The van der Waals surface area contributed by atoms with Gasteiger partial charge in [-0.1, -0.05) is 40.2 Å². The Morgan fingerprint density at radius 3 is 2.45 bits per heavy atom. The number of thiocarbonyl (C=S) groups is 1. The Morgan fingerprint density at radius 2 is 1.72 bits per heavy atom. The number of fused-ring (bicyclic) bond motifs is 1. The Hall–Kier alpha value is -2.61. The first-order chi connectivity index (χ1) is 14.1. The zero-order chi connectivity index (χ0) is 20.2. The van der Waals surface area contributed by atoms with Crippen LogP contribution in [0.15, 0.2) is 77.3 Å². The Kier molecular flexibility index (Phi) is 5.99. The van der Waals surface area contributed by atoms with Crippen LogP contribution in [0.2, 0.25) is 0 Å². The molecule has 0 atom stereocenters. The summed E-state index contributed by atoms with van der Waals surface area (Å²) in [4.78, 5) is 16.9. The molecule has 0 spiro atoms. The number of anilines is 1. The summed E-state index contributed by atoms with van der Waals surface area (Å²) in [6.45, 7) is 0. The molecule has 0 aliphatic heterocycles. The van der Waals surface area contributed by atoms with Crippen LogP contribution in [0.1, 0.15) is 20.9 Å². The van der Waals surface area contributed by atoms with Crippen LogP contribution in [0.4, 0.5) is 5.69 Å². The number of hydrogen-bond donors (Lipinski definition) is 2. The van der Waals surface area contributed by atoms with E-state index < -0.39 is 0 Å². The molecule has 0 radical (unpaired) electrons. The molecule has 4 nitrogen and oxygen atoms in total. The third kappa shape index (κ3) is 5.06. The maximum absolute atomic E-state index is 12.2. The Bertz CT molecular complexity index is 1140. The van der Waals surface area contributed by atoms with Crippen LogP contribution in [0.5, 0.6) is 0 Å². The summed E-state index contributed by atoms with van der Waals surface area (Å²) in [7, 11) is 0. The molecule has 0 saturated heterocycles. The highest BCUT2D eigenvalue weighted by molar-refractivity contribution is 9.10. The zero-order valence-electron chi connectivity index (χ0n) is 15.2. The van der Waals surface area contributed by atoms with Gasteiger partial charge in [0.1, 0.15) is 0 Å². The average molecular weight is 482 g/mol. The molecule has 1 aromatic heterocycles. The Balaban J connectivity index is 1.35. The van der Waals surface area contributed by atoms with Gasteiger partial charge >= 0.3 is 0 Å². The van der Waals surface area contributed by atoms with Crippen molar-refractivity contribution in [2.24, 2.45) is 0 Å². The molecule has 7 heteroatoms. The van der Waals surface area contributed by atoms with Gasteiger partial charge in [0.25, 0.3) is 5.91 Å². The highest BCUT2D eigenvalue weighted by Gasteiger charge is 2.08. The molecule has 0 fully saturated rings. The zero-order valence-corrected chi connectivity index (χ0v) is 18.4. The van der Waals surface area contributed by atoms with Crippen molar-refractivity contribution in [2.75, 3.05) is 5.32 Å². The second-order valence-corrected chi connectivity index (χ2v) is 8.80. The third-order valence-electron chi connectivity index (χ3n) is 4.24. The van der Waals surface area contributed by atoms with Crippen LogP contribution in [0, 0.1) is 0 Å². The van der Waals surface area contributed by atoms with Gasteiger partial charge in [-0.2, -0.15) is 0 Å². The number of thiazole rings is 1. The predicted octanol–water partition coefficient (Wildman–Crippen LogP) is 5.78. The number of nitrogens with one attached hydrogen (secondary N) is 2. The van der Waals surface area contributed by atoms with Crippen LogP contribution >= 0.6 is 39.5 Å². The summed E-state index contributed by atoms with van der Waals surface area (Å²) in [6.07, 6.45) is 0.782. The first-order valence-electron chi connectivity index (χ1n) is 8.88. The van der Waals surface area contributed by atoms with Crippen LogP contribution in [-0.4, -0.2) is 16.0 Å².